The Kier molecular flexibility index (Phi) is 3.79. The Labute approximate surface area is 115 Å². The van der Waals surface area contributed by atoms with Crippen molar-refractivity contribution in [3.8, 4) is 0 Å². The van der Waals surface area contributed by atoms with Gasteiger partial charge in [-0.15, -0.1) is 0 Å². The first-order valence-corrected chi connectivity index (χ1v) is 5.96. The van der Waals surface area contributed by atoms with E-state index in [4.69, 9.17) is 0 Å². The summed E-state index contributed by atoms with van der Waals surface area (Å²) in [5.74, 6) is 0.497. The number of pyridine rings is 1. The van der Waals surface area contributed by atoms with E-state index in [1.54, 1.807) is 32.3 Å². The van der Waals surface area contributed by atoms with Gasteiger partial charge in [-0.2, -0.15) is 0 Å². The third-order valence-corrected chi connectivity index (χ3v) is 2.80. The number of rotatable bonds is 4. The van der Waals surface area contributed by atoms with Crippen LogP contribution >= 0.6 is 0 Å². The summed E-state index contributed by atoms with van der Waals surface area (Å²) in [4.78, 5) is 27.5. The van der Waals surface area contributed by atoms with Crippen LogP contribution in [0.2, 0.25) is 0 Å². The maximum Gasteiger partial charge on any atom is 0.270 e. The van der Waals surface area contributed by atoms with Gasteiger partial charge in [-0.3, -0.25) is 14.9 Å². The molecule has 1 N–H and O–H groups in total. The Bertz CT molecular complexity index is 670. The van der Waals surface area contributed by atoms with Crippen LogP contribution in [0.3, 0.4) is 0 Å². The lowest BCUT2D eigenvalue weighted by atomic mass is 10.2. The molecule has 7 nitrogen and oxygen atoms in total. The van der Waals surface area contributed by atoms with Crippen LogP contribution in [0.5, 0.6) is 0 Å². The topological polar surface area (TPSA) is 88.4 Å². The summed E-state index contributed by atoms with van der Waals surface area (Å²) in [6, 6.07) is 7.89. The van der Waals surface area contributed by atoms with Gasteiger partial charge in [-0.25, -0.2) is 4.98 Å². The second-order valence-corrected chi connectivity index (χ2v) is 4.47. The van der Waals surface area contributed by atoms with E-state index in [-0.39, 0.29) is 18.1 Å². The van der Waals surface area contributed by atoms with Gasteiger partial charge in [0.2, 0.25) is 5.91 Å². The standard InChI is InChI=1S/C13H14N4O3/c1-16(2)13(18)8-14-12-6-3-9-7-10(17(19)20)4-5-11(9)15-12/h3-7H,8H2,1-2H3,(H,14,15). The maximum absolute atomic E-state index is 11.5. The number of benzene rings is 1. The molecular weight excluding hydrogens is 260 g/mol. The van der Waals surface area contributed by atoms with Crippen molar-refractivity contribution in [1.82, 2.24) is 9.88 Å². The molecule has 1 aromatic heterocycles. The van der Waals surface area contributed by atoms with Gasteiger partial charge < -0.3 is 10.2 Å². The van der Waals surface area contributed by atoms with E-state index in [1.807, 2.05) is 0 Å². The molecule has 0 radical (unpaired) electrons. The summed E-state index contributed by atoms with van der Waals surface area (Å²) in [5, 5.41) is 14.3. The van der Waals surface area contributed by atoms with Crippen LogP contribution in [0.15, 0.2) is 30.3 Å². The van der Waals surface area contributed by atoms with Gasteiger partial charge in [0.25, 0.3) is 5.69 Å². The van der Waals surface area contributed by atoms with Crippen molar-refractivity contribution in [2.75, 3.05) is 26.0 Å². The fourth-order valence-electron chi connectivity index (χ4n) is 1.65. The molecule has 104 valence electrons. The number of nitro groups is 1. The first-order valence-electron chi connectivity index (χ1n) is 5.96. The fraction of sp³-hybridized carbons (Fsp3) is 0.231. The van der Waals surface area contributed by atoms with Gasteiger partial charge in [0.15, 0.2) is 0 Å². The molecule has 7 heteroatoms. The first kappa shape index (κ1) is 13.7. The van der Waals surface area contributed by atoms with E-state index in [1.165, 1.54) is 17.0 Å². The van der Waals surface area contributed by atoms with Crippen molar-refractivity contribution in [1.29, 1.82) is 0 Å². The quantitative estimate of drug-likeness (QED) is 0.676. The molecule has 0 unspecified atom stereocenters. The minimum absolute atomic E-state index is 0.0304. The Morgan fingerprint density at radius 3 is 2.75 bits per heavy atom. The molecule has 0 saturated carbocycles. The lowest BCUT2D eigenvalue weighted by molar-refractivity contribution is -0.384. The number of hydrogen-bond donors (Lipinski definition) is 1. The highest BCUT2D eigenvalue weighted by Gasteiger charge is 2.08. The first-order chi connectivity index (χ1) is 9.47. The number of amides is 1. The average molecular weight is 274 g/mol. The number of anilines is 1. The second-order valence-electron chi connectivity index (χ2n) is 4.47. The maximum atomic E-state index is 11.5. The number of nitro benzene ring substituents is 1. The van der Waals surface area contributed by atoms with Gasteiger partial charge in [-0.05, 0) is 18.2 Å². The number of nitrogens with zero attached hydrogens (tertiary/aromatic N) is 3. The summed E-state index contributed by atoms with van der Waals surface area (Å²) < 4.78 is 0. The zero-order chi connectivity index (χ0) is 14.7. The minimum atomic E-state index is -0.443. The molecule has 1 heterocycles. The summed E-state index contributed by atoms with van der Waals surface area (Å²) in [6.07, 6.45) is 0. The van der Waals surface area contributed by atoms with Crippen LogP contribution in [0, 0.1) is 10.1 Å². The van der Waals surface area contributed by atoms with Crippen LogP contribution in [0.1, 0.15) is 0 Å². The number of likely N-dealkylation sites (N-methyl/N-ethyl adjacent to an activating group) is 1. The summed E-state index contributed by atoms with van der Waals surface area (Å²) in [6.45, 7) is 0.151. The van der Waals surface area contributed by atoms with Crippen LogP contribution in [0.4, 0.5) is 11.5 Å². The zero-order valence-electron chi connectivity index (χ0n) is 11.2. The predicted molar refractivity (Wildman–Crippen MR) is 75.6 cm³/mol. The van der Waals surface area contributed by atoms with Gasteiger partial charge in [0, 0.05) is 31.6 Å². The SMILES string of the molecule is CN(C)C(=O)CNc1ccc2cc([N+](=O)[O-])ccc2n1. The van der Waals surface area contributed by atoms with Gasteiger partial charge in [0.1, 0.15) is 5.82 Å². The molecule has 0 fully saturated rings. The summed E-state index contributed by atoms with van der Waals surface area (Å²) in [7, 11) is 3.36. The largest absolute Gasteiger partial charge is 0.361 e. The molecule has 2 rings (SSSR count). The van der Waals surface area contributed by atoms with E-state index in [0.29, 0.717) is 16.7 Å². The minimum Gasteiger partial charge on any atom is -0.361 e. The third kappa shape index (κ3) is 3.00. The number of non-ortho nitro benzene ring substituents is 1. The van der Waals surface area contributed by atoms with Crippen LogP contribution in [-0.2, 0) is 4.79 Å². The number of hydrogen-bond acceptors (Lipinski definition) is 5. The number of aromatic nitrogens is 1. The Hall–Kier alpha value is -2.70. The van der Waals surface area contributed by atoms with Crippen molar-refractivity contribution in [2.24, 2.45) is 0 Å². The average Bonchev–Trinajstić information content (AvgIpc) is 2.43. The van der Waals surface area contributed by atoms with E-state index in [2.05, 4.69) is 10.3 Å². The molecule has 0 aliphatic carbocycles. The molecule has 0 aliphatic rings. The Morgan fingerprint density at radius 1 is 1.35 bits per heavy atom. The zero-order valence-corrected chi connectivity index (χ0v) is 11.2. The van der Waals surface area contributed by atoms with E-state index in [0.717, 1.165) is 0 Å². The molecule has 0 aliphatic heterocycles. The third-order valence-electron chi connectivity index (χ3n) is 2.80. The highest BCUT2D eigenvalue weighted by atomic mass is 16.6. The van der Waals surface area contributed by atoms with Crippen molar-refractivity contribution in [3.63, 3.8) is 0 Å². The number of fused-ring (bicyclic) bond motifs is 1. The molecule has 0 atom stereocenters. The smallest absolute Gasteiger partial charge is 0.270 e. The molecule has 1 aromatic carbocycles. The number of carbonyl (C=O) groups is 1. The normalized spacial score (nSPS) is 10.3. The van der Waals surface area contributed by atoms with Gasteiger partial charge >= 0.3 is 0 Å². The highest BCUT2D eigenvalue weighted by Crippen LogP contribution is 2.20. The molecule has 20 heavy (non-hydrogen) atoms. The number of nitrogens with one attached hydrogen (secondary N) is 1. The van der Waals surface area contributed by atoms with Gasteiger partial charge in [-0.1, -0.05) is 0 Å². The van der Waals surface area contributed by atoms with E-state index < -0.39 is 4.92 Å². The molecule has 1 amide bonds. The Balaban J connectivity index is 2.20. The molecule has 0 bridgehead atoms. The van der Waals surface area contributed by atoms with E-state index >= 15 is 0 Å². The number of carbonyl (C=O) groups excluding carboxylic acids is 1. The van der Waals surface area contributed by atoms with Crippen molar-refractivity contribution < 1.29 is 9.72 Å². The lowest BCUT2D eigenvalue weighted by Crippen LogP contribution is -2.28. The van der Waals surface area contributed by atoms with Crippen molar-refractivity contribution in [3.05, 3.63) is 40.4 Å². The summed E-state index contributed by atoms with van der Waals surface area (Å²) >= 11 is 0. The van der Waals surface area contributed by atoms with Crippen LogP contribution in [-0.4, -0.2) is 41.4 Å². The molecule has 2 aromatic rings. The lowest BCUT2D eigenvalue weighted by Gasteiger charge is -2.11. The van der Waals surface area contributed by atoms with E-state index in [9.17, 15) is 14.9 Å². The predicted octanol–water partition coefficient (Wildman–Crippen LogP) is 1.64. The molecule has 0 spiro atoms. The molecule has 0 saturated heterocycles. The monoisotopic (exact) mass is 274 g/mol. The second kappa shape index (κ2) is 5.52. The highest BCUT2D eigenvalue weighted by molar-refractivity contribution is 5.84. The van der Waals surface area contributed by atoms with Crippen LogP contribution in [0.25, 0.3) is 10.9 Å². The van der Waals surface area contributed by atoms with Crippen molar-refractivity contribution >= 4 is 28.3 Å². The van der Waals surface area contributed by atoms with Gasteiger partial charge in [0.05, 0.1) is 17.0 Å². The van der Waals surface area contributed by atoms with Crippen LogP contribution < -0.4 is 5.32 Å². The Morgan fingerprint density at radius 2 is 2.10 bits per heavy atom. The van der Waals surface area contributed by atoms with Crippen molar-refractivity contribution in [2.45, 2.75) is 0 Å². The fourth-order valence-corrected chi connectivity index (χ4v) is 1.65. The summed E-state index contributed by atoms with van der Waals surface area (Å²) in [5.41, 5.74) is 0.667. The molecular formula is C13H14N4O3.